The summed E-state index contributed by atoms with van der Waals surface area (Å²) in [7, 11) is -2.90. The Balaban J connectivity index is 1.79. The topological polar surface area (TPSA) is 122 Å². The van der Waals surface area contributed by atoms with Gasteiger partial charge in [0.25, 0.3) is 0 Å². The summed E-state index contributed by atoms with van der Waals surface area (Å²) in [5.41, 5.74) is 6.70. The highest BCUT2D eigenvalue weighted by Gasteiger charge is 2.39. The molecule has 2 aromatic rings. The summed E-state index contributed by atoms with van der Waals surface area (Å²) in [5.74, 6) is -2.79. The van der Waals surface area contributed by atoms with E-state index in [-0.39, 0.29) is 5.56 Å². The Bertz CT molecular complexity index is 1040. The highest BCUT2D eigenvalue weighted by atomic mass is 32.2. The normalized spacial score (nSPS) is 16.6. The fraction of sp³-hybridized carbons (Fsp3) is 0.158. The van der Waals surface area contributed by atoms with Gasteiger partial charge in [-0.25, -0.2) is 4.79 Å². The second-order valence-electron chi connectivity index (χ2n) is 5.94. The van der Waals surface area contributed by atoms with E-state index in [2.05, 4.69) is 4.74 Å². The van der Waals surface area contributed by atoms with Crippen LogP contribution >= 0.6 is 0 Å². The molecule has 1 aliphatic rings. The van der Waals surface area contributed by atoms with E-state index in [1.165, 1.54) is 19.2 Å². The van der Waals surface area contributed by atoms with Gasteiger partial charge in [0.05, 0.1) is 12.7 Å². The van der Waals surface area contributed by atoms with Crippen molar-refractivity contribution in [1.29, 1.82) is 0 Å². The highest BCUT2D eigenvalue weighted by molar-refractivity contribution is 7.86. The number of benzene rings is 2. The Labute approximate surface area is 161 Å². The van der Waals surface area contributed by atoms with Gasteiger partial charge in [-0.05, 0) is 17.7 Å². The second-order valence-corrected chi connectivity index (χ2v) is 7.51. The van der Waals surface area contributed by atoms with Crippen molar-refractivity contribution in [3.63, 3.8) is 0 Å². The predicted octanol–water partition coefficient (Wildman–Crippen LogP) is 1.79. The number of hydrogen-bond donors (Lipinski definition) is 1. The van der Waals surface area contributed by atoms with Gasteiger partial charge in [0, 0.05) is 5.56 Å². The van der Waals surface area contributed by atoms with Gasteiger partial charge in [-0.3, -0.25) is 4.79 Å². The molecule has 3 rings (SSSR count). The molecular weight excluding hydrogens is 386 g/mol. The summed E-state index contributed by atoms with van der Waals surface area (Å²) in [6, 6.07) is 14.4. The average molecular weight is 403 g/mol. The van der Waals surface area contributed by atoms with Crippen molar-refractivity contribution in [2.75, 3.05) is 7.11 Å². The van der Waals surface area contributed by atoms with Crippen molar-refractivity contribution in [2.45, 2.75) is 11.9 Å². The second kappa shape index (κ2) is 7.73. The molecule has 1 atom stereocenters. The summed E-state index contributed by atoms with van der Waals surface area (Å²) in [6.07, 6.45) is -1.22. The molecule has 0 bridgehead atoms. The Morgan fingerprint density at radius 3 is 2.54 bits per heavy atom. The number of hydrogen-bond acceptors (Lipinski definition) is 8. The maximum Gasteiger partial charge on any atom is 0.337 e. The van der Waals surface area contributed by atoms with Crippen molar-refractivity contribution < 1.29 is 31.7 Å². The Morgan fingerprint density at radius 1 is 1.14 bits per heavy atom. The Hall–Kier alpha value is -3.33. The number of Topliss-reactive ketones (excluding diaryl/α,β-unsaturated/α-hetero) is 1. The first-order valence-corrected chi connectivity index (χ1v) is 9.73. The number of carbonyl (C=O) groups is 2. The lowest BCUT2D eigenvalue weighted by Gasteiger charge is -2.11. The van der Waals surface area contributed by atoms with Crippen molar-refractivity contribution in [2.24, 2.45) is 5.73 Å². The Morgan fingerprint density at radius 2 is 1.86 bits per heavy atom. The van der Waals surface area contributed by atoms with Crippen LogP contribution in [0.1, 0.15) is 27.6 Å². The zero-order chi connectivity index (χ0) is 20.3. The predicted molar refractivity (Wildman–Crippen MR) is 98.0 cm³/mol. The monoisotopic (exact) mass is 403 g/mol. The third-order valence-corrected chi connectivity index (χ3v) is 5.05. The van der Waals surface area contributed by atoms with Crippen LogP contribution in [-0.2, 0) is 34.3 Å². The maximum absolute atomic E-state index is 12.6. The van der Waals surface area contributed by atoms with Crippen LogP contribution in [0.2, 0.25) is 0 Å². The minimum absolute atomic E-state index is 0.209. The van der Waals surface area contributed by atoms with E-state index in [1.54, 1.807) is 42.5 Å². The number of methoxy groups -OCH3 is 1. The van der Waals surface area contributed by atoms with Crippen LogP contribution in [-0.4, -0.2) is 27.3 Å². The number of rotatable bonds is 6. The van der Waals surface area contributed by atoms with E-state index < -0.39 is 45.4 Å². The molecule has 28 heavy (non-hydrogen) atoms. The van der Waals surface area contributed by atoms with Gasteiger partial charge in [0.2, 0.25) is 17.4 Å². The van der Waals surface area contributed by atoms with Gasteiger partial charge in [0.1, 0.15) is 5.75 Å². The smallest absolute Gasteiger partial charge is 0.337 e. The van der Waals surface area contributed by atoms with Crippen molar-refractivity contribution in [3.05, 3.63) is 82.9 Å². The summed E-state index contributed by atoms with van der Waals surface area (Å²) >= 11 is 0. The van der Waals surface area contributed by atoms with E-state index in [1.807, 2.05) is 0 Å². The van der Waals surface area contributed by atoms with Gasteiger partial charge in [0.15, 0.2) is 6.10 Å². The maximum atomic E-state index is 12.6. The molecule has 146 valence electrons. The molecule has 0 fully saturated rings. The Kier molecular flexibility index (Phi) is 5.36. The van der Waals surface area contributed by atoms with Crippen molar-refractivity contribution >= 4 is 21.9 Å². The minimum Gasteiger partial charge on any atom is -0.465 e. The molecule has 2 aromatic carbocycles. The summed E-state index contributed by atoms with van der Waals surface area (Å²) in [4.78, 5) is 24.3. The zero-order valence-corrected chi connectivity index (χ0v) is 15.6. The largest absolute Gasteiger partial charge is 0.465 e. The number of carbonyl (C=O) groups excluding carboxylic acids is 2. The first-order chi connectivity index (χ1) is 13.3. The molecule has 0 radical (unpaired) electrons. The number of ether oxygens (including phenoxy) is 2. The van der Waals surface area contributed by atoms with Crippen LogP contribution in [0.3, 0.4) is 0 Å². The lowest BCUT2D eigenvalue weighted by atomic mass is 10.0. The average Bonchev–Trinajstić information content (AvgIpc) is 2.95. The first kappa shape index (κ1) is 19.4. The molecule has 0 aromatic heterocycles. The van der Waals surface area contributed by atoms with Gasteiger partial charge >= 0.3 is 16.1 Å². The number of nitrogens with two attached hydrogens (primary N) is 1. The van der Waals surface area contributed by atoms with E-state index >= 15 is 0 Å². The molecule has 2 N–H and O–H groups in total. The van der Waals surface area contributed by atoms with Crippen LogP contribution < -0.4 is 5.73 Å². The quantitative estimate of drug-likeness (QED) is 0.572. The first-order valence-electron chi connectivity index (χ1n) is 8.15. The molecule has 1 heterocycles. The van der Waals surface area contributed by atoms with Crippen LogP contribution in [0.4, 0.5) is 0 Å². The number of ketones is 1. The molecule has 9 heteroatoms. The van der Waals surface area contributed by atoms with E-state index in [0.717, 1.165) is 0 Å². The van der Waals surface area contributed by atoms with Crippen LogP contribution in [0.25, 0.3) is 0 Å². The van der Waals surface area contributed by atoms with Crippen LogP contribution in [0.15, 0.2) is 66.2 Å². The van der Waals surface area contributed by atoms with Gasteiger partial charge in [-0.2, -0.15) is 8.42 Å². The molecule has 0 aliphatic carbocycles. The number of esters is 1. The molecule has 1 unspecified atom stereocenters. The third-order valence-electron chi connectivity index (χ3n) is 3.94. The molecule has 8 nitrogen and oxygen atoms in total. The van der Waals surface area contributed by atoms with Crippen LogP contribution in [0, 0.1) is 0 Å². The van der Waals surface area contributed by atoms with Gasteiger partial charge < -0.3 is 19.4 Å². The molecule has 0 saturated carbocycles. The van der Waals surface area contributed by atoms with E-state index in [4.69, 9.17) is 14.7 Å². The van der Waals surface area contributed by atoms with Gasteiger partial charge in [-0.1, -0.05) is 42.5 Å². The fourth-order valence-corrected chi connectivity index (χ4v) is 3.74. The molecule has 1 aliphatic heterocycles. The SMILES string of the molecule is COC(=O)c1cccc(C2OC(N)=C(OS(=O)(=O)Cc3ccccc3)C2=O)c1. The fourth-order valence-electron chi connectivity index (χ4n) is 2.66. The standard InChI is InChI=1S/C19H17NO7S/c1-25-19(22)14-9-5-8-13(10-14)16-15(21)17(18(20)26-16)27-28(23,24)11-12-6-3-2-4-7-12/h2-10,16H,11,20H2,1H3. The van der Waals surface area contributed by atoms with E-state index in [0.29, 0.717) is 11.1 Å². The lowest BCUT2D eigenvalue weighted by molar-refractivity contribution is -0.123. The van der Waals surface area contributed by atoms with Crippen molar-refractivity contribution in [1.82, 2.24) is 0 Å². The molecular formula is C19H17NO7S. The summed E-state index contributed by atoms with van der Waals surface area (Å²) in [6.45, 7) is 0. The third kappa shape index (κ3) is 4.15. The highest BCUT2D eigenvalue weighted by Crippen LogP contribution is 2.33. The van der Waals surface area contributed by atoms with Crippen molar-refractivity contribution in [3.8, 4) is 0 Å². The van der Waals surface area contributed by atoms with E-state index in [9.17, 15) is 18.0 Å². The lowest BCUT2D eigenvalue weighted by Crippen LogP contribution is -2.16. The van der Waals surface area contributed by atoms with Gasteiger partial charge in [-0.15, -0.1) is 0 Å². The van der Waals surface area contributed by atoms with Crippen LogP contribution in [0.5, 0.6) is 0 Å². The molecule has 0 spiro atoms. The molecule has 0 saturated heterocycles. The summed E-state index contributed by atoms with van der Waals surface area (Å²) in [5, 5.41) is 0. The minimum atomic E-state index is -4.13. The summed E-state index contributed by atoms with van der Waals surface area (Å²) < 4.78 is 39.5. The molecule has 0 amide bonds. The zero-order valence-electron chi connectivity index (χ0n) is 14.8.